The predicted molar refractivity (Wildman–Crippen MR) is 135 cm³/mol. The van der Waals surface area contributed by atoms with Gasteiger partial charge in [-0.15, -0.1) is 0 Å². The summed E-state index contributed by atoms with van der Waals surface area (Å²) in [4.78, 5) is 9.50. The van der Waals surface area contributed by atoms with Gasteiger partial charge in [0, 0.05) is 12.1 Å². The maximum atomic E-state index is 9.98. The van der Waals surface area contributed by atoms with E-state index in [0.29, 0.717) is 68.9 Å². The zero-order chi connectivity index (χ0) is 25.1. The van der Waals surface area contributed by atoms with E-state index in [0.717, 1.165) is 6.42 Å². The summed E-state index contributed by atoms with van der Waals surface area (Å²) < 4.78 is 16.8. The van der Waals surface area contributed by atoms with E-state index in [1.165, 1.54) is 0 Å². The summed E-state index contributed by atoms with van der Waals surface area (Å²) in [6, 6.07) is 5.25. The predicted octanol–water partition coefficient (Wildman–Crippen LogP) is 4.27. The summed E-state index contributed by atoms with van der Waals surface area (Å²) >= 11 is 13.4. The van der Waals surface area contributed by atoms with Crippen LogP contribution in [0.4, 0.5) is 5.82 Å². The highest BCUT2D eigenvalue weighted by Crippen LogP contribution is 2.39. The third kappa shape index (κ3) is 5.87. The molecule has 4 rings (SSSR count). The van der Waals surface area contributed by atoms with Crippen molar-refractivity contribution < 1.29 is 19.1 Å². The SMILES string of the molecule is CNC[C@@H](O)COc1ccc(Cl)c(-c2nc(N[C@H]3CO[C@@H](C)C3)c(Cl)c(-c3c(C)noc3C)n2)c1. The number of aromatic nitrogens is 3. The van der Waals surface area contributed by atoms with Gasteiger partial charge < -0.3 is 29.7 Å². The number of hydrogen-bond acceptors (Lipinski definition) is 9. The number of likely N-dealkylation sites (N-methyl/N-ethyl adjacent to an activating group) is 1. The number of aliphatic hydroxyl groups is 1. The molecular formula is C24H29Cl2N5O4. The van der Waals surface area contributed by atoms with E-state index < -0.39 is 6.10 Å². The molecule has 0 spiro atoms. The van der Waals surface area contributed by atoms with E-state index in [9.17, 15) is 5.11 Å². The monoisotopic (exact) mass is 521 g/mol. The number of ether oxygens (including phenoxy) is 2. The Labute approximate surface area is 214 Å². The molecule has 2 aromatic heterocycles. The molecule has 11 heteroatoms. The molecule has 1 fully saturated rings. The van der Waals surface area contributed by atoms with Crippen LogP contribution in [0.25, 0.3) is 22.6 Å². The van der Waals surface area contributed by atoms with E-state index >= 15 is 0 Å². The van der Waals surface area contributed by atoms with Gasteiger partial charge in [-0.1, -0.05) is 28.4 Å². The Morgan fingerprint density at radius 3 is 2.71 bits per heavy atom. The highest BCUT2D eigenvalue weighted by atomic mass is 35.5. The van der Waals surface area contributed by atoms with Gasteiger partial charge in [-0.05, 0) is 52.4 Å². The van der Waals surface area contributed by atoms with Gasteiger partial charge in [-0.25, -0.2) is 9.97 Å². The molecule has 1 aliphatic rings. The second-order valence-electron chi connectivity index (χ2n) is 8.64. The van der Waals surface area contributed by atoms with Crippen LogP contribution >= 0.6 is 23.2 Å². The number of nitrogens with one attached hydrogen (secondary N) is 2. The van der Waals surface area contributed by atoms with Gasteiger partial charge in [0.2, 0.25) is 0 Å². The lowest BCUT2D eigenvalue weighted by molar-refractivity contribution is 0.108. The van der Waals surface area contributed by atoms with Crippen LogP contribution in [0.2, 0.25) is 10.0 Å². The van der Waals surface area contributed by atoms with Crippen LogP contribution in [-0.2, 0) is 4.74 Å². The molecule has 1 aliphatic heterocycles. The molecule has 188 valence electrons. The second kappa shape index (κ2) is 11.1. The molecule has 3 atom stereocenters. The van der Waals surface area contributed by atoms with Gasteiger partial charge in [-0.2, -0.15) is 0 Å². The number of aliphatic hydroxyl groups excluding tert-OH is 1. The minimum Gasteiger partial charge on any atom is -0.491 e. The molecule has 0 saturated carbocycles. The lowest BCUT2D eigenvalue weighted by atomic mass is 10.1. The molecule has 35 heavy (non-hydrogen) atoms. The van der Waals surface area contributed by atoms with Crippen LogP contribution in [0.5, 0.6) is 5.75 Å². The molecule has 3 heterocycles. The topological polar surface area (TPSA) is 115 Å². The van der Waals surface area contributed by atoms with Crippen molar-refractivity contribution >= 4 is 29.0 Å². The van der Waals surface area contributed by atoms with Crippen LogP contribution in [0.3, 0.4) is 0 Å². The van der Waals surface area contributed by atoms with Gasteiger partial charge in [-0.3, -0.25) is 0 Å². The largest absolute Gasteiger partial charge is 0.491 e. The average Bonchev–Trinajstić information content (AvgIpc) is 3.39. The fourth-order valence-electron chi connectivity index (χ4n) is 4.01. The lowest BCUT2D eigenvalue weighted by Gasteiger charge is -2.17. The smallest absolute Gasteiger partial charge is 0.163 e. The van der Waals surface area contributed by atoms with Crippen molar-refractivity contribution in [3.8, 4) is 28.4 Å². The third-order valence-electron chi connectivity index (χ3n) is 5.72. The number of hydrogen-bond donors (Lipinski definition) is 3. The first-order chi connectivity index (χ1) is 16.8. The fourth-order valence-corrected chi connectivity index (χ4v) is 4.45. The number of rotatable bonds is 9. The molecule has 3 N–H and O–H groups in total. The number of benzene rings is 1. The molecule has 0 unspecified atom stereocenters. The van der Waals surface area contributed by atoms with Crippen LogP contribution in [-0.4, -0.2) is 65.3 Å². The summed E-state index contributed by atoms with van der Waals surface area (Å²) in [5.41, 5.74) is 2.43. The van der Waals surface area contributed by atoms with E-state index in [4.69, 9.17) is 47.2 Å². The lowest BCUT2D eigenvalue weighted by Crippen LogP contribution is -2.29. The Morgan fingerprint density at radius 1 is 1.26 bits per heavy atom. The average molecular weight is 522 g/mol. The first kappa shape index (κ1) is 25.7. The van der Waals surface area contributed by atoms with Crippen molar-refractivity contribution in [3.05, 3.63) is 39.7 Å². The molecule has 1 aromatic carbocycles. The maximum Gasteiger partial charge on any atom is 0.163 e. The Hall–Kier alpha value is -2.43. The Morgan fingerprint density at radius 2 is 2.06 bits per heavy atom. The zero-order valence-electron chi connectivity index (χ0n) is 20.1. The van der Waals surface area contributed by atoms with Gasteiger partial charge in [0.15, 0.2) is 5.82 Å². The van der Waals surface area contributed by atoms with Gasteiger partial charge in [0.25, 0.3) is 0 Å². The first-order valence-electron chi connectivity index (χ1n) is 11.4. The fraction of sp³-hybridized carbons (Fsp3) is 0.458. The van der Waals surface area contributed by atoms with Crippen molar-refractivity contribution in [3.63, 3.8) is 0 Å². The summed E-state index contributed by atoms with van der Waals surface area (Å²) in [5, 5.41) is 21.2. The molecule has 9 nitrogen and oxygen atoms in total. The Balaban J connectivity index is 1.76. The van der Waals surface area contributed by atoms with Crippen molar-refractivity contribution in [2.75, 3.05) is 32.1 Å². The minimum atomic E-state index is -0.649. The van der Waals surface area contributed by atoms with Crippen LogP contribution < -0.4 is 15.4 Å². The normalized spacial score (nSPS) is 18.6. The summed E-state index contributed by atoms with van der Waals surface area (Å²) in [6.45, 7) is 6.77. The molecule has 0 aliphatic carbocycles. The number of nitrogens with zero attached hydrogens (tertiary/aromatic N) is 3. The summed E-state index contributed by atoms with van der Waals surface area (Å²) in [5.74, 6) is 1.97. The number of halogens is 2. The highest BCUT2D eigenvalue weighted by Gasteiger charge is 2.27. The Kier molecular flexibility index (Phi) is 8.13. The van der Waals surface area contributed by atoms with E-state index in [1.54, 1.807) is 25.2 Å². The molecule has 0 radical (unpaired) electrons. The number of anilines is 1. The summed E-state index contributed by atoms with van der Waals surface area (Å²) in [7, 11) is 1.77. The van der Waals surface area contributed by atoms with Crippen LogP contribution in [0, 0.1) is 13.8 Å². The molecule has 1 saturated heterocycles. The van der Waals surface area contributed by atoms with Crippen molar-refractivity contribution in [1.82, 2.24) is 20.4 Å². The minimum absolute atomic E-state index is 0.0570. The third-order valence-corrected chi connectivity index (χ3v) is 6.41. The highest BCUT2D eigenvalue weighted by molar-refractivity contribution is 6.35. The molecule has 0 bridgehead atoms. The van der Waals surface area contributed by atoms with Crippen molar-refractivity contribution in [1.29, 1.82) is 0 Å². The quantitative estimate of drug-likeness (QED) is 0.379. The second-order valence-corrected chi connectivity index (χ2v) is 9.43. The van der Waals surface area contributed by atoms with Crippen LogP contribution in [0.15, 0.2) is 22.7 Å². The van der Waals surface area contributed by atoms with Crippen molar-refractivity contribution in [2.24, 2.45) is 0 Å². The van der Waals surface area contributed by atoms with Crippen LogP contribution in [0.1, 0.15) is 24.8 Å². The van der Waals surface area contributed by atoms with Crippen molar-refractivity contribution in [2.45, 2.75) is 45.4 Å². The Bertz CT molecular complexity index is 1170. The number of aryl methyl sites for hydroxylation is 2. The maximum absolute atomic E-state index is 9.98. The van der Waals surface area contributed by atoms with E-state index in [-0.39, 0.29) is 18.8 Å². The summed E-state index contributed by atoms with van der Waals surface area (Å²) in [6.07, 6.45) is 0.329. The van der Waals surface area contributed by atoms with E-state index in [2.05, 4.69) is 15.8 Å². The van der Waals surface area contributed by atoms with Gasteiger partial charge >= 0.3 is 0 Å². The van der Waals surface area contributed by atoms with Gasteiger partial charge in [0.1, 0.15) is 40.8 Å². The molecule has 0 amide bonds. The van der Waals surface area contributed by atoms with Gasteiger partial charge in [0.05, 0.1) is 35.0 Å². The first-order valence-corrected chi connectivity index (χ1v) is 12.2. The zero-order valence-corrected chi connectivity index (χ0v) is 21.6. The standard InChI is InChI=1S/C24H29Cl2N5O4/c1-12-7-15(10-33-12)28-24-21(26)22(20-13(2)31-35-14(20)3)29-23(30-24)18-8-17(5-6-19(18)25)34-11-16(32)9-27-4/h5-6,8,12,15-16,27,32H,7,9-11H2,1-4H3,(H,28,29,30)/t12-,15+,16+/m0/s1. The molecular weight excluding hydrogens is 493 g/mol. The van der Waals surface area contributed by atoms with E-state index in [1.807, 2.05) is 20.8 Å². The molecule has 3 aromatic rings.